The van der Waals surface area contributed by atoms with Crippen LogP contribution < -0.4 is 21.7 Å². The van der Waals surface area contributed by atoms with Gasteiger partial charge < -0.3 is 37.0 Å². The minimum atomic E-state index is -1.59. The fraction of sp³-hybridized carbons (Fsp3) is 0.476. The Bertz CT molecular complexity index is 878. The van der Waals surface area contributed by atoms with Gasteiger partial charge in [-0.05, 0) is 43.0 Å². The molecule has 1 aromatic carbocycles. The predicted molar refractivity (Wildman–Crippen MR) is 124 cm³/mol. The van der Waals surface area contributed by atoms with Gasteiger partial charge in [-0.1, -0.05) is 12.1 Å². The van der Waals surface area contributed by atoms with E-state index in [9.17, 15) is 39.3 Å². The van der Waals surface area contributed by atoms with Gasteiger partial charge in [-0.2, -0.15) is 11.8 Å². The van der Waals surface area contributed by atoms with Crippen LogP contribution in [-0.4, -0.2) is 81.2 Å². The molecule has 3 amide bonds. The molecule has 0 heterocycles. The Morgan fingerprint density at radius 1 is 0.912 bits per heavy atom. The van der Waals surface area contributed by atoms with Crippen LogP contribution >= 0.6 is 11.8 Å². The Morgan fingerprint density at radius 2 is 1.44 bits per heavy atom. The van der Waals surface area contributed by atoms with Crippen molar-refractivity contribution in [3.63, 3.8) is 0 Å². The number of thioether (sulfide) groups is 1. The Labute approximate surface area is 200 Å². The van der Waals surface area contributed by atoms with Gasteiger partial charge in [0, 0.05) is 6.42 Å². The summed E-state index contributed by atoms with van der Waals surface area (Å²) in [6.45, 7) is 1.41. The normalized spacial score (nSPS) is 14.2. The van der Waals surface area contributed by atoms with Crippen LogP contribution in [0, 0.1) is 0 Å². The van der Waals surface area contributed by atoms with Crippen molar-refractivity contribution < 1.29 is 39.3 Å². The number of aliphatic carboxylic acids is 2. The van der Waals surface area contributed by atoms with E-state index in [1.54, 1.807) is 6.26 Å². The van der Waals surface area contributed by atoms with E-state index in [-0.39, 0.29) is 18.6 Å². The smallest absolute Gasteiger partial charge is 0.326 e. The number of nitrogens with two attached hydrogens (primary N) is 1. The molecule has 0 bridgehead atoms. The molecule has 0 fully saturated rings. The number of amides is 3. The van der Waals surface area contributed by atoms with E-state index in [0.717, 1.165) is 0 Å². The monoisotopic (exact) mass is 498 g/mol. The van der Waals surface area contributed by atoms with Crippen molar-refractivity contribution in [1.82, 2.24) is 16.0 Å². The zero-order chi connectivity index (χ0) is 25.8. The number of benzene rings is 1. The van der Waals surface area contributed by atoms with E-state index < -0.39 is 60.2 Å². The van der Waals surface area contributed by atoms with Crippen molar-refractivity contribution in [2.75, 3.05) is 12.0 Å². The number of carboxylic acid groups (broad SMARTS) is 2. The van der Waals surface area contributed by atoms with Crippen LogP contribution in [0.4, 0.5) is 0 Å². The summed E-state index contributed by atoms with van der Waals surface area (Å²) in [6, 6.07) is 0.809. The summed E-state index contributed by atoms with van der Waals surface area (Å²) in [5.74, 6) is -4.75. The maximum absolute atomic E-state index is 13.0. The number of hydrogen-bond acceptors (Lipinski definition) is 8. The van der Waals surface area contributed by atoms with E-state index >= 15 is 0 Å². The van der Waals surface area contributed by atoms with Crippen molar-refractivity contribution in [3.05, 3.63) is 29.8 Å². The summed E-state index contributed by atoms with van der Waals surface area (Å²) in [5.41, 5.74) is 6.12. The average Bonchev–Trinajstić information content (AvgIpc) is 2.76. The SMILES string of the molecule is CSCCC(NC(=O)C(CC(=O)O)NC(=O)C(Cc1ccc(O)cc1)NC(=O)C(C)N)C(=O)O. The molecule has 0 radical (unpaired) electrons. The molecular weight excluding hydrogens is 468 g/mol. The summed E-state index contributed by atoms with van der Waals surface area (Å²) in [7, 11) is 0. The first-order chi connectivity index (χ1) is 15.9. The lowest BCUT2D eigenvalue weighted by Gasteiger charge is -2.24. The summed E-state index contributed by atoms with van der Waals surface area (Å²) in [4.78, 5) is 60.4. The molecule has 12 nitrogen and oxygen atoms in total. The Kier molecular flexibility index (Phi) is 11.9. The molecule has 0 saturated heterocycles. The number of carbonyl (C=O) groups is 5. The van der Waals surface area contributed by atoms with Gasteiger partial charge in [0.1, 0.15) is 23.9 Å². The van der Waals surface area contributed by atoms with Crippen molar-refractivity contribution in [2.24, 2.45) is 5.73 Å². The van der Waals surface area contributed by atoms with Crippen molar-refractivity contribution in [3.8, 4) is 5.75 Å². The number of rotatable bonds is 14. The Hall–Kier alpha value is -3.32. The van der Waals surface area contributed by atoms with Gasteiger partial charge >= 0.3 is 11.9 Å². The highest BCUT2D eigenvalue weighted by molar-refractivity contribution is 7.98. The zero-order valence-corrected chi connectivity index (χ0v) is 19.6. The molecule has 1 rings (SSSR count). The lowest BCUT2D eigenvalue weighted by atomic mass is 10.0. The van der Waals surface area contributed by atoms with Crippen LogP contribution in [0.15, 0.2) is 24.3 Å². The van der Waals surface area contributed by atoms with Gasteiger partial charge in [0.2, 0.25) is 17.7 Å². The summed E-state index contributed by atoms with van der Waals surface area (Å²) < 4.78 is 0. The second-order valence-corrected chi connectivity index (χ2v) is 8.55. The molecule has 34 heavy (non-hydrogen) atoms. The molecule has 0 aliphatic carbocycles. The lowest BCUT2D eigenvalue weighted by molar-refractivity contribution is -0.143. The first kappa shape index (κ1) is 28.7. The predicted octanol–water partition coefficient (Wildman–Crippen LogP) is -0.951. The lowest BCUT2D eigenvalue weighted by Crippen LogP contribution is -2.57. The highest BCUT2D eigenvalue weighted by Crippen LogP contribution is 2.12. The van der Waals surface area contributed by atoms with E-state index in [4.69, 9.17) is 5.73 Å². The summed E-state index contributed by atoms with van der Waals surface area (Å²) in [6.07, 6.45) is 1.01. The molecule has 0 aliphatic rings. The second-order valence-electron chi connectivity index (χ2n) is 7.56. The van der Waals surface area contributed by atoms with Gasteiger partial charge in [-0.3, -0.25) is 19.2 Å². The molecule has 188 valence electrons. The molecule has 4 unspecified atom stereocenters. The summed E-state index contributed by atoms with van der Waals surface area (Å²) >= 11 is 1.37. The first-order valence-corrected chi connectivity index (χ1v) is 11.7. The van der Waals surface area contributed by atoms with Gasteiger partial charge in [0.15, 0.2) is 0 Å². The molecule has 13 heteroatoms. The highest BCUT2D eigenvalue weighted by atomic mass is 32.2. The number of aromatic hydroxyl groups is 1. The van der Waals surface area contributed by atoms with Crippen molar-refractivity contribution in [1.29, 1.82) is 0 Å². The van der Waals surface area contributed by atoms with Gasteiger partial charge in [0.25, 0.3) is 0 Å². The molecule has 0 aliphatic heterocycles. The van der Waals surface area contributed by atoms with E-state index in [2.05, 4.69) is 16.0 Å². The van der Waals surface area contributed by atoms with Crippen LogP contribution in [0.3, 0.4) is 0 Å². The number of carbonyl (C=O) groups excluding carboxylic acids is 3. The minimum Gasteiger partial charge on any atom is -0.508 e. The first-order valence-electron chi connectivity index (χ1n) is 10.3. The van der Waals surface area contributed by atoms with Crippen LogP contribution in [0.25, 0.3) is 0 Å². The number of hydrogen-bond donors (Lipinski definition) is 7. The molecule has 4 atom stereocenters. The van der Waals surface area contributed by atoms with Crippen molar-refractivity contribution >= 4 is 41.4 Å². The largest absolute Gasteiger partial charge is 0.508 e. The van der Waals surface area contributed by atoms with Gasteiger partial charge in [0.05, 0.1) is 12.5 Å². The summed E-state index contributed by atoms with van der Waals surface area (Å²) in [5, 5.41) is 34.9. The van der Waals surface area contributed by atoms with Crippen LogP contribution in [-0.2, 0) is 30.4 Å². The Morgan fingerprint density at radius 3 is 1.94 bits per heavy atom. The minimum absolute atomic E-state index is 0.00276. The number of carboxylic acids is 2. The van der Waals surface area contributed by atoms with Gasteiger partial charge in [-0.25, -0.2) is 4.79 Å². The molecular formula is C21H30N4O8S. The third kappa shape index (κ3) is 10.1. The number of phenols is 1. The maximum Gasteiger partial charge on any atom is 0.326 e. The van der Waals surface area contributed by atoms with E-state index in [0.29, 0.717) is 11.3 Å². The van der Waals surface area contributed by atoms with Crippen LogP contribution in [0.2, 0.25) is 0 Å². The highest BCUT2D eigenvalue weighted by Gasteiger charge is 2.31. The average molecular weight is 499 g/mol. The molecule has 1 aromatic rings. The van der Waals surface area contributed by atoms with Crippen LogP contribution in [0.1, 0.15) is 25.3 Å². The maximum atomic E-state index is 13.0. The van der Waals surface area contributed by atoms with Crippen molar-refractivity contribution in [2.45, 2.75) is 50.4 Å². The van der Waals surface area contributed by atoms with Gasteiger partial charge in [-0.15, -0.1) is 0 Å². The fourth-order valence-corrected chi connectivity index (χ4v) is 3.27. The second kappa shape index (κ2) is 14.1. The number of phenolic OH excluding ortho intramolecular Hbond substituents is 1. The molecule has 0 saturated carbocycles. The number of nitrogens with one attached hydrogen (secondary N) is 3. The van der Waals surface area contributed by atoms with E-state index in [1.807, 2.05) is 0 Å². The van der Waals surface area contributed by atoms with E-state index in [1.165, 1.54) is 43.0 Å². The molecule has 8 N–H and O–H groups in total. The quantitative estimate of drug-likeness (QED) is 0.167. The topological polar surface area (TPSA) is 208 Å². The zero-order valence-electron chi connectivity index (χ0n) is 18.8. The molecule has 0 spiro atoms. The third-order valence-corrected chi connectivity index (χ3v) is 5.30. The third-order valence-electron chi connectivity index (χ3n) is 4.66. The standard InChI is InChI=1S/C21H30N4O8S/c1-11(22)18(29)24-15(9-12-3-5-13(26)6-4-12)19(30)25-16(10-17(27)28)20(31)23-14(21(32)33)7-8-34-2/h3-6,11,14-16,26H,7-10,22H2,1-2H3,(H,23,31)(H,24,29)(H,25,30)(H,27,28)(H,32,33). The van der Waals surface area contributed by atoms with Crippen LogP contribution in [0.5, 0.6) is 5.75 Å². The Balaban J connectivity index is 3.07. The molecule has 0 aromatic heterocycles. The fourth-order valence-electron chi connectivity index (χ4n) is 2.80.